The summed E-state index contributed by atoms with van der Waals surface area (Å²) in [6, 6.07) is 6.79. The van der Waals surface area contributed by atoms with Crippen LogP contribution in [-0.4, -0.2) is 44.8 Å². The molecule has 0 unspecified atom stereocenters. The lowest BCUT2D eigenvalue weighted by atomic mass is 9.93. The first-order chi connectivity index (χ1) is 11.9. The summed E-state index contributed by atoms with van der Waals surface area (Å²) in [6.07, 6.45) is 3.26. The third-order valence-corrected chi connectivity index (χ3v) is 5.08. The van der Waals surface area contributed by atoms with Crippen molar-refractivity contribution < 1.29 is 14.7 Å². The van der Waals surface area contributed by atoms with Crippen LogP contribution in [0.1, 0.15) is 29.8 Å². The zero-order chi connectivity index (χ0) is 18.0. The van der Waals surface area contributed by atoms with Crippen LogP contribution in [0, 0.1) is 5.92 Å². The second kappa shape index (κ2) is 7.45. The van der Waals surface area contributed by atoms with E-state index in [1.807, 2.05) is 0 Å². The lowest BCUT2D eigenvalue weighted by molar-refractivity contribution is -0.138. The van der Waals surface area contributed by atoms with Crippen LogP contribution in [0.25, 0.3) is 5.69 Å². The van der Waals surface area contributed by atoms with E-state index >= 15 is 0 Å². The normalized spacial score (nSPS) is 15.4. The van der Waals surface area contributed by atoms with E-state index in [0.29, 0.717) is 47.4 Å². The number of hydrogen-bond donors (Lipinski definition) is 1. The van der Waals surface area contributed by atoms with Crippen molar-refractivity contribution in [1.82, 2.24) is 14.7 Å². The van der Waals surface area contributed by atoms with Gasteiger partial charge in [0.15, 0.2) is 5.69 Å². The molecule has 2 aromatic rings. The molecule has 0 atom stereocenters. The van der Waals surface area contributed by atoms with Crippen LogP contribution >= 0.6 is 23.2 Å². The zero-order valence-electron chi connectivity index (χ0n) is 13.4. The standard InChI is InChI=1S/C17H17Cl2N3O3/c18-13-2-1-12(10-14(13)19)22-8-5-15(20-22)17(25)21-6-3-11(4-7-21)9-16(23)24/h1-2,5,8,10-11H,3-4,6-7,9H2,(H,23,24). The number of halogens is 2. The Kier molecular flexibility index (Phi) is 5.30. The van der Waals surface area contributed by atoms with Gasteiger partial charge in [-0.2, -0.15) is 5.10 Å². The Morgan fingerprint density at radius 1 is 1.16 bits per heavy atom. The Labute approximate surface area is 154 Å². The quantitative estimate of drug-likeness (QED) is 0.878. The summed E-state index contributed by atoms with van der Waals surface area (Å²) in [5, 5.41) is 14.1. The number of aliphatic carboxylic acids is 1. The van der Waals surface area contributed by atoms with Crippen molar-refractivity contribution in [2.75, 3.05) is 13.1 Å². The number of likely N-dealkylation sites (tertiary alicyclic amines) is 1. The van der Waals surface area contributed by atoms with Crippen molar-refractivity contribution >= 4 is 35.1 Å². The van der Waals surface area contributed by atoms with E-state index in [4.69, 9.17) is 28.3 Å². The van der Waals surface area contributed by atoms with Crippen LogP contribution in [0.3, 0.4) is 0 Å². The highest BCUT2D eigenvalue weighted by Crippen LogP contribution is 2.25. The van der Waals surface area contributed by atoms with Gasteiger partial charge in [-0.25, -0.2) is 4.68 Å². The van der Waals surface area contributed by atoms with Gasteiger partial charge in [0.2, 0.25) is 0 Å². The van der Waals surface area contributed by atoms with E-state index < -0.39 is 5.97 Å². The second-order valence-electron chi connectivity index (χ2n) is 6.08. The monoisotopic (exact) mass is 381 g/mol. The first-order valence-electron chi connectivity index (χ1n) is 7.96. The minimum atomic E-state index is -0.787. The minimum Gasteiger partial charge on any atom is -0.481 e. The van der Waals surface area contributed by atoms with E-state index in [1.54, 1.807) is 40.0 Å². The Bertz CT molecular complexity index is 798. The minimum absolute atomic E-state index is 0.135. The van der Waals surface area contributed by atoms with Gasteiger partial charge in [0.05, 0.1) is 15.7 Å². The number of carboxylic acids is 1. The van der Waals surface area contributed by atoms with Gasteiger partial charge in [0.25, 0.3) is 5.91 Å². The number of piperidine rings is 1. The highest BCUT2D eigenvalue weighted by atomic mass is 35.5. The van der Waals surface area contributed by atoms with Gasteiger partial charge in [-0.3, -0.25) is 9.59 Å². The SMILES string of the molecule is O=C(O)CC1CCN(C(=O)c2ccn(-c3ccc(Cl)c(Cl)c3)n2)CC1. The molecule has 8 heteroatoms. The molecule has 1 aromatic carbocycles. The van der Waals surface area contributed by atoms with Crippen molar-refractivity contribution in [2.45, 2.75) is 19.3 Å². The fourth-order valence-electron chi connectivity index (χ4n) is 2.96. The number of rotatable bonds is 4. The Hall–Kier alpha value is -2.05. The van der Waals surface area contributed by atoms with Crippen LogP contribution in [-0.2, 0) is 4.79 Å². The van der Waals surface area contributed by atoms with E-state index in [0.717, 1.165) is 0 Å². The average Bonchev–Trinajstić information content (AvgIpc) is 3.07. The van der Waals surface area contributed by atoms with E-state index in [-0.39, 0.29) is 18.2 Å². The topological polar surface area (TPSA) is 75.4 Å². The molecule has 2 heterocycles. The van der Waals surface area contributed by atoms with Gasteiger partial charge in [-0.1, -0.05) is 23.2 Å². The first kappa shape index (κ1) is 17.8. The predicted octanol–water partition coefficient (Wildman–Crippen LogP) is 3.51. The van der Waals surface area contributed by atoms with E-state index in [2.05, 4.69) is 5.10 Å². The number of carboxylic acid groups (broad SMARTS) is 1. The summed E-state index contributed by atoms with van der Waals surface area (Å²) < 4.78 is 1.58. The third-order valence-electron chi connectivity index (χ3n) is 4.34. The fraction of sp³-hybridized carbons (Fsp3) is 0.353. The maximum Gasteiger partial charge on any atom is 0.303 e. The maximum absolute atomic E-state index is 12.6. The molecule has 1 aliphatic rings. The van der Waals surface area contributed by atoms with Crippen LogP contribution in [0.5, 0.6) is 0 Å². The van der Waals surface area contributed by atoms with Crippen molar-refractivity contribution in [3.63, 3.8) is 0 Å². The Morgan fingerprint density at radius 2 is 1.88 bits per heavy atom. The highest BCUT2D eigenvalue weighted by molar-refractivity contribution is 6.42. The zero-order valence-corrected chi connectivity index (χ0v) is 14.9. The summed E-state index contributed by atoms with van der Waals surface area (Å²) in [7, 11) is 0. The van der Waals surface area contributed by atoms with E-state index in [9.17, 15) is 9.59 Å². The number of amides is 1. The summed E-state index contributed by atoms with van der Waals surface area (Å²) in [5.74, 6) is -0.798. The predicted molar refractivity (Wildman–Crippen MR) is 94.5 cm³/mol. The second-order valence-corrected chi connectivity index (χ2v) is 6.89. The number of carbonyl (C=O) groups excluding carboxylic acids is 1. The molecule has 0 spiro atoms. The van der Waals surface area contributed by atoms with Gasteiger partial charge in [-0.15, -0.1) is 0 Å². The molecule has 1 aliphatic heterocycles. The van der Waals surface area contributed by atoms with Crippen molar-refractivity contribution in [1.29, 1.82) is 0 Å². The largest absolute Gasteiger partial charge is 0.481 e. The number of nitrogens with zero attached hydrogens (tertiary/aromatic N) is 3. The summed E-state index contributed by atoms with van der Waals surface area (Å²) in [4.78, 5) is 25.1. The van der Waals surface area contributed by atoms with Crippen LogP contribution in [0.2, 0.25) is 10.0 Å². The summed E-state index contributed by atoms with van der Waals surface area (Å²) in [6.45, 7) is 1.10. The van der Waals surface area contributed by atoms with Gasteiger partial charge in [0, 0.05) is 25.7 Å². The van der Waals surface area contributed by atoms with Crippen LogP contribution in [0.15, 0.2) is 30.5 Å². The highest BCUT2D eigenvalue weighted by Gasteiger charge is 2.26. The van der Waals surface area contributed by atoms with Crippen LogP contribution in [0.4, 0.5) is 0 Å². The molecule has 25 heavy (non-hydrogen) atoms. The molecule has 0 aliphatic carbocycles. The lowest BCUT2D eigenvalue weighted by Crippen LogP contribution is -2.39. The molecule has 1 N–H and O–H groups in total. The average molecular weight is 382 g/mol. The number of benzene rings is 1. The molecule has 1 amide bonds. The number of hydrogen-bond acceptors (Lipinski definition) is 3. The molecule has 1 aromatic heterocycles. The molecule has 3 rings (SSSR count). The lowest BCUT2D eigenvalue weighted by Gasteiger charge is -2.30. The fourth-order valence-corrected chi connectivity index (χ4v) is 3.25. The summed E-state index contributed by atoms with van der Waals surface area (Å²) >= 11 is 11.9. The molecule has 6 nitrogen and oxygen atoms in total. The number of aromatic nitrogens is 2. The van der Waals surface area contributed by atoms with Crippen molar-refractivity contribution in [3.8, 4) is 5.69 Å². The molecular weight excluding hydrogens is 365 g/mol. The van der Waals surface area contributed by atoms with Gasteiger partial charge >= 0.3 is 5.97 Å². The number of carbonyl (C=O) groups is 2. The van der Waals surface area contributed by atoms with Crippen LogP contribution < -0.4 is 0 Å². The Balaban J connectivity index is 1.67. The van der Waals surface area contributed by atoms with Crippen molar-refractivity contribution in [2.24, 2.45) is 5.92 Å². The van der Waals surface area contributed by atoms with Crippen molar-refractivity contribution in [3.05, 3.63) is 46.2 Å². The molecule has 0 bridgehead atoms. The Morgan fingerprint density at radius 3 is 2.52 bits per heavy atom. The van der Waals surface area contributed by atoms with E-state index in [1.165, 1.54) is 0 Å². The summed E-state index contributed by atoms with van der Waals surface area (Å²) in [5.41, 5.74) is 1.07. The van der Waals surface area contributed by atoms with Gasteiger partial charge in [0.1, 0.15) is 0 Å². The molecule has 0 saturated carbocycles. The smallest absolute Gasteiger partial charge is 0.303 e. The molecule has 0 radical (unpaired) electrons. The molecule has 132 valence electrons. The first-order valence-corrected chi connectivity index (χ1v) is 8.72. The molecular formula is C17H17Cl2N3O3. The van der Waals surface area contributed by atoms with Gasteiger partial charge < -0.3 is 10.0 Å². The molecule has 1 fully saturated rings. The van der Waals surface area contributed by atoms with Gasteiger partial charge in [-0.05, 0) is 43.0 Å². The molecule has 1 saturated heterocycles. The maximum atomic E-state index is 12.6. The third kappa shape index (κ3) is 4.14.